The number of fused-ring (bicyclic) bond motifs is 1. The molecule has 0 fully saturated rings. The lowest BCUT2D eigenvalue weighted by Crippen LogP contribution is -2.37. The standard InChI is InChI=1S/C20H21N3O3S/c1-14(2)13-23-19-8-7-17(11-16(19)6-9-20(23)24)22-27(25,26)18-5-3-4-15(10-18)12-21/h3-5,7-8,10-11,14,22H,6,9,13H2,1-2H3. The molecular formula is C20H21N3O3S. The van der Waals surface area contributed by atoms with Crippen molar-refractivity contribution in [2.45, 2.75) is 31.6 Å². The zero-order valence-electron chi connectivity index (χ0n) is 15.3. The predicted octanol–water partition coefficient (Wildman–Crippen LogP) is 3.29. The number of sulfonamides is 1. The molecule has 1 aliphatic rings. The van der Waals surface area contributed by atoms with Crippen LogP contribution in [0.4, 0.5) is 11.4 Å². The molecule has 27 heavy (non-hydrogen) atoms. The van der Waals surface area contributed by atoms with Crippen molar-refractivity contribution < 1.29 is 13.2 Å². The van der Waals surface area contributed by atoms with Crippen molar-refractivity contribution in [2.24, 2.45) is 5.92 Å². The van der Waals surface area contributed by atoms with Gasteiger partial charge in [-0.05, 0) is 54.3 Å². The topological polar surface area (TPSA) is 90.3 Å². The van der Waals surface area contributed by atoms with Crippen molar-refractivity contribution in [3.8, 4) is 6.07 Å². The first-order valence-electron chi connectivity index (χ1n) is 8.76. The van der Waals surface area contributed by atoms with Crippen molar-refractivity contribution >= 4 is 27.3 Å². The van der Waals surface area contributed by atoms with E-state index in [1.165, 1.54) is 18.2 Å². The molecule has 1 heterocycles. The number of nitrogens with one attached hydrogen (secondary N) is 1. The van der Waals surface area contributed by atoms with Crippen LogP contribution in [-0.2, 0) is 21.2 Å². The SMILES string of the molecule is CC(C)CN1C(=O)CCc2cc(NS(=O)(=O)c3cccc(C#N)c3)ccc21. The Morgan fingerprint density at radius 1 is 1.19 bits per heavy atom. The molecule has 0 atom stereocenters. The van der Waals surface area contributed by atoms with Crippen LogP contribution in [0.15, 0.2) is 47.4 Å². The molecule has 3 rings (SSSR count). The average Bonchev–Trinajstić information content (AvgIpc) is 2.63. The van der Waals surface area contributed by atoms with Crippen LogP contribution in [0, 0.1) is 17.2 Å². The van der Waals surface area contributed by atoms with E-state index in [0.717, 1.165) is 11.3 Å². The number of hydrogen-bond donors (Lipinski definition) is 1. The number of amides is 1. The molecule has 1 N–H and O–H groups in total. The monoisotopic (exact) mass is 383 g/mol. The molecule has 1 aliphatic heterocycles. The van der Waals surface area contributed by atoms with Gasteiger partial charge in [0, 0.05) is 24.3 Å². The highest BCUT2D eigenvalue weighted by molar-refractivity contribution is 7.92. The molecule has 0 aromatic heterocycles. The van der Waals surface area contributed by atoms with E-state index >= 15 is 0 Å². The van der Waals surface area contributed by atoms with E-state index in [1.54, 1.807) is 29.2 Å². The molecule has 6 nitrogen and oxygen atoms in total. The third-order valence-electron chi connectivity index (χ3n) is 4.35. The molecule has 7 heteroatoms. The highest BCUT2D eigenvalue weighted by Crippen LogP contribution is 2.31. The summed E-state index contributed by atoms with van der Waals surface area (Å²) in [6, 6.07) is 13.0. The Hall–Kier alpha value is -2.85. The molecule has 140 valence electrons. The minimum absolute atomic E-state index is 0.0379. The van der Waals surface area contributed by atoms with Gasteiger partial charge in [-0.3, -0.25) is 9.52 Å². The van der Waals surface area contributed by atoms with Crippen LogP contribution in [0.5, 0.6) is 0 Å². The largest absolute Gasteiger partial charge is 0.312 e. The van der Waals surface area contributed by atoms with E-state index < -0.39 is 10.0 Å². The fourth-order valence-electron chi connectivity index (χ4n) is 3.14. The van der Waals surface area contributed by atoms with Crippen molar-refractivity contribution in [1.29, 1.82) is 5.26 Å². The highest BCUT2D eigenvalue weighted by atomic mass is 32.2. The zero-order chi connectivity index (χ0) is 19.6. The summed E-state index contributed by atoms with van der Waals surface area (Å²) in [5, 5.41) is 8.96. The molecule has 0 aliphatic carbocycles. The minimum Gasteiger partial charge on any atom is -0.312 e. The van der Waals surface area contributed by atoms with Crippen LogP contribution in [0.25, 0.3) is 0 Å². The van der Waals surface area contributed by atoms with Crippen molar-refractivity contribution in [3.63, 3.8) is 0 Å². The minimum atomic E-state index is -3.80. The molecule has 0 spiro atoms. The summed E-state index contributed by atoms with van der Waals surface area (Å²) in [6.07, 6.45) is 1.00. The van der Waals surface area contributed by atoms with E-state index in [4.69, 9.17) is 5.26 Å². The van der Waals surface area contributed by atoms with Crippen LogP contribution >= 0.6 is 0 Å². The Morgan fingerprint density at radius 3 is 2.67 bits per heavy atom. The Balaban J connectivity index is 1.89. The molecule has 2 aromatic rings. The Morgan fingerprint density at radius 2 is 1.96 bits per heavy atom. The lowest BCUT2D eigenvalue weighted by atomic mass is 9.99. The number of anilines is 2. The highest BCUT2D eigenvalue weighted by Gasteiger charge is 2.25. The molecule has 0 unspecified atom stereocenters. The lowest BCUT2D eigenvalue weighted by molar-refractivity contribution is -0.119. The third-order valence-corrected chi connectivity index (χ3v) is 5.73. The average molecular weight is 383 g/mol. The van der Waals surface area contributed by atoms with Gasteiger partial charge >= 0.3 is 0 Å². The smallest absolute Gasteiger partial charge is 0.261 e. The lowest BCUT2D eigenvalue weighted by Gasteiger charge is -2.31. The van der Waals surface area contributed by atoms with Crippen molar-refractivity contribution in [1.82, 2.24) is 0 Å². The van der Waals surface area contributed by atoms with Gasteiger partial charge in [0.2, 0.25) is 5.91 Å². The number of nitriles is 1. The van der Waals surface area contributed by atoms with E-state index in [2.05, 4.69) is 18.6 Å². The van der Waals surface area contributed by atoms with Crippen molar-refractivity contribution in [3.05, 3.63) is 53.6 Å². The Bertz CT molecular complexity index is 1020. The quantitative estimate of drug-likeness (QED) is 0.858. The summed E-state index contributed by atoms with van der Waals surface area (Å²) in [6.45, 7) is 4.75. The summed E-state index contributed by atoms with van der Waals surface area (Å²) in [5.41, 5.74) is 2.51. The molecule has 2 aromatic carbocycles. The maximum absolute atomic E-state index is 12.6. The summed E-state index contributed by atoms with van der Waals surface area (Å²) in [5.74, 6) is 0.434. The predicted molar refractivity (Wildman–Crippen MR) is 104 cm³/mol. The molecule has 0 radical (unpaired) electrons. The van der Waals surface area contributed by atoms with Gasteiger partial charge < -0.3 is 4.90 Å². The van der Waals surface area contributed by atoms with Crippen LogP contribution in [0.2, 0.25) is 0 Å². The van der Waals surface area contributed by atoms with Gasteiger partial charge in [0.25, 0.3) is 10.0 Å². The number of aryl methyl sites for hydroxylation is 1. The first-order chi connectivity index (χ1) is 12.8. The van der Waals surface area contributed by atoms with Gasteiger partial charge in [-0.15, -0.1) is 0 Å². The number of carbonyl (C=O) groups excluding carboxylic acids is 1. The van der Waals surface area contributed by atoms with E-state index in [1.807, 2.05) is 6.07 Å². The van der Waals surface area contributed by atoms with Crippen LogP contribution in [0.3, 0.4) is 0 Å². The van der Waals surface area contributed by atoms with E-state index in [9.17, 15) is 13.2 Å². The Labute approximate surface area is 159 Å². The van der Waals surface area contributed by atoms with Crippen LogP contribution in [-0.4, -0.2) is 20.9 Å². The fourth-order valence-corrected chi connectivity index (χ4v) is 4.23. The molecular weight excluding hydrogens is 362 g/mol. The second kappa shape index (κ2) is 7.41. The zero-order valence-corrected chi connectivity index (χ0v) is 16.1. The number of carbonyl (C=O) groups is 1. The number of rotatable bonds is 5. The number of nitrogens with zero attached hydrogens (tertiary/aromatic N) is 2. The molecule has 0 saturated carbocycles. The van der Waals surface area contributed by atoms with Crippen molar-refractivity contribution in [2.75, 3.05) is 16.2 Å². The summed E-state index contributed by atoms with van der Waals surface area (Å²) >= 11 is 0. The van der Waals surface area contributed by atoms with E-state index in [0.29, 0.717) is 31.0 Å². The first kappa shape index (κ1) is 18.9. The maximum Gasteiger partial charge on any atom is 0.261 e. The van der Waals surface area contributed by atoms with Gasteiger partial charge in [-0.1, -0.05) is 19.9 Å². The molecule has 1 amide bonds. The van der Waals surface area contributed by atoms with Gasteiger partial charge in [0.1, 0.15) is 0 Å². The normalized spacial score (nSPS) is 14.0. The summed E-state index contributed by atoms with van der Waals surface area (Å²) in [4.78, 5) is 14.1. The first-order valence-corrected chi connectivity index (χ1v) is 10.2. The number of hydrogen-bond acceptors (Lipinski definition) is 4. The molecule has 0 bridgehead atoms. The summed E-state index contributed by atoms with van der Waals surface area (Å²) in [7, 11) is -3.80. The van der Waals surface area contributed by atoms with E-state index in [-0.39, 0.29) is 16.4 Å². The van der Waals surface area contributed by atoms with Gasteiger partial charge in [-0.25, -0.2) is 8.42 Å². The Kier molecular flexibility index (Phi) is 5.19. The van der Waals surface area contributed by atoms with Gasteiger partial charge in [-0.2, -0.15) is 5.26 Å². The maximum atomic E-state index is 12.6. The van der Waals surface area contributed by atoms with Crippen LogP contribution < -0.4 is 9.62 Å². The van der Waals surface area contributed by atoms with Gasteiger partial charge in [0.15, 0.2) is 0 Å². The van der Waals surface area contributed by atoms with Crippen LogP contribution in [0.1, 0.15) is 31.4 Å². The van der Waals surface area contributed by atoms with Gasteiger partial charge in [0.05, 0.1) is 16.5 Å². The second-order valence-electron chi connectivity index (χ2n) is 6.99. The second-order valence-corrected chi connectivity index (χ2v) is 8.67. The summed E-state index contributed by atoms with van der Waals surface area (Å²) < 4.78 is 27.8. The molecule has 0 saturated heterocycles. The number of benzene rings is 2. The third kappa shape index (κ3) is 4.12. The fraction of sp³-hybridized carbons (Fsp3) is 0.300.